The maximum Gasteiger partial charge on any atom is 0.233 e. The molecule has 4 aromatic rings. The van der Waals surface area contributed by atoms with Crippen molar-refractivity contribution in [3.63, 3.8) is 0 Å². The van der Waals surface area contributed by atoms with Crippen LogP contribution in [0, 0.1) is 0 Å². The Kier molecular flexibility index (Phi) is 6.02. The van der Waals surface area contributed by atoms with E-state index >= 15 is 0 Å². The molecule has 8 heteroatoms. The molecule has 3 aromatic heterocycles. The number of para-hydroxylation sites is 1. The number of carbonyl (C=O) groups excluding carboxylic acids is 1. The molecule has 0 aliphatic carbocycles. The minimum Gasteiger partial charge on any atom is -0.340 e. The van der Waals surface area contributed by atoms with Crippen LogP contribution >= 0.6 is 23.1 Å². The summed E-state index contributed by atoms with van der Waals surface area (Å²) in [5.41, 5.74) is 1.81. The molecule has 0 saturated heterocycles. The summed E-state index contributed by atoms with van der Waals surface area (Å²) in [5.74, 6) is 1.04. The van der Waals surface area contributed by atoms with Gasteiger partial charge in [0.15, 0.2) is 11.0 Å². The molecule has 0 fully saturated rings. The number of rotatable bonds is 7. The average molecular weight is 422 g/mol. The molecule has 1 aromatic carbocycles. The number of pyridine rings is 1. The Labute approximate surface area is 177 Å². The van der Waals surface area contributed by atoms with Gasteiger partial charge in [-0.05, 0) is 35.7 Å². The Morgan fingerprint density at radius 1 is 1.10 bits per heavy atom. The molecule has 0 bridgehead atoms. The van der Waals surface area contributed by atoms with E-state index in [9.17, 15) is 4.79 Å². The molecule has 0 aliphatic heterocycles. The van der Waals surface area contributed by atoms with E-state index in [0.717, 1.165) is 16.1 Å². The van der Waals surface area contributed by atoms with Gasteiger partial charge in [0.1, 0.15) is 0 Å². The van der Waals surface area contributed by atoms with E-state index < -0.39 is 0 Å². The number of hydrogen-bond donors (Lipinski definition) is 0. The molecule has 0 atom stereocenters. The Hall–Kier alpha value is -2.97. The Morgan fingerprint density at radius 2 is 1.97 bits per heavy atom. The minimum atomic E-state index is 0.0499. The van der Waals surface area contributed by atoms with Crippen LogP contribution in [0.2, 0.25) is 0 Å². The fourth-order valence-electron chi connectivity index (χ4n) is 2.82. The van der Waals surface area contributed by atoms with Gasteiger partial charge in [0.2, 0.25) is 5.91 Å². The van der Waals surface area contributed by atoms with Gasteiger partial charge in [0, 0.05) is 35.6 Å². The fraction of sp³-hybridized carbons (Fsp3) is 0.143. The third kappa shape index (κ3) is 4.55. The SMILES string of the molecule is CN(Cc1cccs1)C(=O)CSc1nnc(-c2cccnc2)n1-c1ccccc1. The van der Waals surface area contributed by atoms with Crippen LogP contribution < -0.4 is 0 Å². The molecule has 0 saturated carbocycles. The standard InChI is InChI=1S/C21H19N5OS2/c1-25(14-18-10-6-12-28-18)19(27)15-29-21-24-23-20(16-7-5-11-22-13-16)26(21)17-8-3-2-4-9-17/h2-13H,14-15H2,1H3. The maximum atomic E-state index is 12.6. The van der Waals surface area contributed by atoms with Crippen molar-refractivity contribution >= 4 is 29.0 Å². The quantitative estimate of drug-likeness (QED) is 0.420. The van der Waals surface area contributed by atoms with Crippen LogP contribution in [0.5, 0.6) is 0 Å². The third-order valence-corrected chi connectivity index (χ3v) is 6.07. The molecule has 0 unspecified atom stereocenters. The van der Waals surface area contributed by atoms with E-state index in [0.29, 0.717) is 23.3 Å². The summed E-state index contributed by atoms with van der Waals surface area (Å²) in [4.78, 5) is 19.7. The number of amides is 1. The first-order chi connectivity index (χ1) is 14.2. The topological polar surface area (TPSA) is 63.9 Å². The third-order valence-electron chi connectivity index (χ3n) is 4.29. The van der Waals surface area contributed by atoms with Gasteiger partial charge in [0.25, 0.3) is 0 Å². The van der Waals surface area contributed by atoms with Gasteiger partial charge >= 0.3 is 0 Å². The predicted molar refractivity (Wildman–Crippen MR) is 116 cm³/mol. The van der Waals surface area contributed by atoms with E-state index in [-0.39, 0.29) is 5.91 Å². The highest BCUT2D eigenvalue weighted by Gasteiger charge is 2.18. The lowest BCUT2D eigenvalue weighted by atomic mass is 10.2. The van der Waals surface area contributed by atoms with Gasteiger partial charge < -0.3 is 4.90 Å². The molecule has 0 N–H and O–H groups in total. The molecule has 3 heterocycles. The second-order valence-electron chi connectivity index (χ2n) is 6.34. The van der Waals surface area contributed by atoms with Gasteiger partial charge in [-0.2, -0.15) is 0 Å². The highest BCUT2D eigenvalue weighted by atomic mass is 32.2. The number of carbonyl (C=O) groups is 1. The number of aromatic nitrogens is 4. The monoisotopic (exact) mass is 421 g/mol. The molecule has 146 valence electrons. The smallest absolute Gasteiger partial charge is 0.233 e. The maximum absolute atomic E-state index is 12.6. The lowest BCUT2D eigenvalue weighted by Crippen LogP contribution is -2.27. The second kappa shape index (κ2) is 9.02. The van der Waals surface area contributed by atoms with Crippen molar-refractivity contribution in [1.29, 1.82) is 0 Å². The number of hydrogen-bond acceptors (Lipinski definition) is 6. The zero-order valence-corrected chi connectivity index (χ0v) is 17.4. The summed E-state index contributed by atoms with van der Waals surface area (Å²) in [6.45, 7) is 0.614. The molecule has 0 spiro atoms. The molecule has 0 radical (unpaired) electrons. The summed E-state index contributed by atoms with van der Waals surface area (Å²) in [6, 6.07) is 17.8. The minimum absolute atomic E-state index is 0.0499. The number of thioether (sulfide) groups is 1. The predicted octanol–water partition coefficient (Wildman–Crippen LogP) is 4.14. The first-order valence-electron chi connectivity index (χ1n) is 9.03. The molecule has 29 heavy (non-hydrogen) atoms. The van der Waals surface area contributed by atoms with Crippen molar-refractivity contribution in [3.05, 3.63) is 77.2 Å². The summed E-state index contributed by atoms with van der Waals surface area (Å²) >= 11 is 3.04. The summed E-state index contributed by atoms with van der Waals surface area (Å²) in [5, 5.41) is 11.4. The van der Waals surface area contributed by atoms with E-state index in [1.165, 1.54) is 11.8 Å². The van der Waals surface area contributed by atoms with Crippen molar-refractivity contribution in [1.82, 2.24) is 24.6 Å². The van der Waals surface area contributed by atoms with Crippen LogP contribution in [0.15, 0.2) is 77.5 Å². The largest absolute Gasteiger partial charge is 0.340 e. The van der Waals surface area contributed by atoms with E-state index in [1.807, 2.05) is 71.6 Å². The van der Waals surface area contributed by atoms with Gasteiger partial charge in [-0.15, -0.1) is 21.5 Å². The highest BCUT2D eigenvalue weighted by molar-refractivity contribution is 7.99. The zero-order chi connectivity index (χ0) is 20.1. The van der Waals surface area contributed by atoms with Crippen molar-refractivity contribution in [3.8, 4) is 17.1 Å². The first-order valence-corrected chi connectivity index (χ1v) is 10.9. The number of thiophene rings is 1. The second-order valence-corrected chi connectivity index (χ2v) is 8.31. The van der Waals surface area contributed by atoms with Crippen LogP contribution in [0.3, 0.4) is 0 Å². The molecule has 0 aliphatic rings. The van der Waals surface area contributed by atoms with Crippen LogP contribution in [-0.4, -0.2) is 43.4 Å². The molecule has 4 rings (SSSR count). The Morgan fingerprint density at radius 3 is 2.69 bits per heavy atom. The van der Waals surface area contributed by atoms with Gasteiger partial charge in [-0.3, -0.25) is 14.3 Å². The van der Waals surface area contributed by atoms with E-state index in [2.05, 4.69) is 15.2 Å². The number of nitrogens with zero attached hydrogens (tertiary/aromatic N) is 5. The lowest BCUT2D eigenvalue weighted by Gasteiger charge is -2.16. The highest BCUT2D eigenvalue weighted by Crippen LogP contribution is 2.27. The van der Waals surface area contributed by atoms with Crippen molar-refractivity contribution in [2.75, 3.05) is 12.8 Å². The van der Waals surface area contributed by atoms with Crippen molar-refractivity contribution in [2.24, 2.45) is 0 Å². The summed E-state index contributed by atoms with van der Waals surface area (Å²) < 4.78 is 1.97. The van der Waals surface area contributed by atoms with Crippen LogP contribution in [0.1, 0.15) is 4.88 Å². The zero-order valence-electron chi connectivity index (χ0n) is 15.8. The van der Waals surface area contributed by atoms with Gasteiger partial charge in [0.05, 0.1) is 12.3 Å². The van der Waals surface area contributed by atoms with E-state index in [4.69, 9.17) is 0 Å². The van der Waals surface area contributed by atoms with Crippen LogP contribution in [0.4, 0.5) is 0 Å². The van der Waals surface area contributed by atoms with E-state index in [1.54, 1.807) is 28.6 Å². The van der Waals surface area contributed by atoms with Gasteiger partial charge in [-0.25, -0.2) is 0 Å². The van der Waals surface area contributed by atoms with Gasteiger partial charge in [-0.1, -0.05) is 36.0 Å². The van der Waals surface area contributed by atoms with Crippen molar-refractivity contribution in [2.45, 2.75) is 11.7 Å². The van der Waals surface area contributed by atoms with Crippen LogP contribution in [-0.2, 0) is 11.3 Å². The lowest BCUT2D eigenvalue weighted by molar-refractivity contribution is -0.127. The molecule has 6 nitrogen and oxygen atoms in total. The molecular weight excluding hydrogens is 402 g/mol. The molecular formula is C21H19N5OS2. The molecule has 1 amide bonds. The fourth-order valence-corrected chi connectivity index (χ4v) is 4.47. The van der Waals surface area contributed by atoms with Crippen LogP contribution in [0.25, 0.3) is 17.1 Å². The van der Waals surface area contributed by atoms with Crippen molar-refractivity contribution < 1.29 is 4.79 Å². The number of benzene rings is 1. The average Bonchev–Trinajstić information content (AvgIpc) is 3.43. The first kappa shape index (κ1) is 19.4. The Balaban J connectivity index is 1.56. The Bertz CT molecular complexity index is 1070. The summed E-state index contributed by atoms with van der Waals surface area (Å²) in [6.07, 6.45) is 3.49. The normalized spacial score (nSPS) is 10.8. The summed E-state index contributed by atoms with van der Waals surface area (Å²) in [7, 11) is 1.83.